The summed E-state index contributed by atoms with van der Waals surface area (Å²) in [6.45, 7) is 7.52. The van der Waals surface area contributed by atoms with Crippen LogP contribution in [-0.2, 0) is 10.2 Å². The van der Waals surface area contributed by atoms with Crippen LogP contribution in [0.5, 0.6) is 0 Å². The van der Waals surface area contributed by atoms with Crippen LogP contribution in [0.4, 0.5) is 17.6 Å². The molecule has 0 aromatic heterocycles. The van der Waals surface area contributed by atoms with E-state index in [-0.39, 0.29) is 16.9 Å². The molecule has 1 aromatic rings. The fraction of sp³-hybridized carbons (Fsp3) is 0.667. The molecule has 0 aliphatic carbocycles. The van der Waals surface area contributed by atoms with Crippen molar-refractivity contribution in [3.63, 3.8) is 0 Å². The van der Waals surface area contributed by atoms with Gasteiger partial charge in [-0.2, -0.15) is 11.8 Å². The van der Waals surface area contributed by atoms with Crippen molar-refractivity contribution >= 4 is 26.3 Å². The van der Waals surface area contributed by atoms with E-state index < -0.39 is 33.8 Å². The first kappa shape index (κ1) is 26.2. The van der Waals surface area contributed by atoms with Crippen LogP contribution in [0.3, 0.4) is 0 Å². The van der Waals surface area contributed by atoms with E-state index in [0.29, 0.717) is 18.1 Å². The van der Waals surface area contributed by atoms with Gasteiger partial charge in [0.05, 0.1) is 18.1 Å². The van der Waals surface area contributed by atoms with Gasteiger partial charge in [0.15, 0.2) is 8.32 Å². The van der Waals surface area contributed by atoms with Crippen molar-refractivity contribution in [3.8, 4) is 0 Å². The Bertz CT molecular complexity index is 622. The van der Waals surface area contributed by atoms with Gasteiger partial charge in [-0.25, -0.2) is 17.6 Å². The summed E-state index contributed by atoms with van der Waals surface area (Å²) in [5, 5.41) is 0.0170. The highest BCUT2D eigenvalue weighted by Crippen LogP contribution is 2.36. The Morgan fingerprint density at radius 2 is 1.62 bits per heavy atom. The first-order valence-electron chi connectivity index (χ1n) is 9.67. The first-order chi connectivity index (χ1) is 13.5. The molecule has 0 amide bonds. The van der Waals surface area contributed by atoms with Crippen molar-refractivity contribution in [2.75, 3.05) is 32.4 Å². The number of thioether (sulfide) groups is 1. The fourth-order valence-electron chi connectivity index (χ4n) is 2.02. The summed E-state index contributed by atoms with van der Waals surface area (Å²) in [6, 6.07) is 5.90. The molecule has 0 saturated carbocycles. The van der Waals surface area contributed by atoms with Crippen LogP contribution < -0.4 is 0 Å². The Hall–Kier alpha value is -0.863. The van der Waals surface area contributed by atoms with Gasteiger partial charge in [-0.05, 0) is 35.8 Å². The Kier molecular flexibility index (Phi) is 10.4. The monoisotopic (exact) mass is 451 g/mol. The smallest absolute Gasteiger partial charge is 0.192 e. The summed E-state index contributed by atoms with van der Waals surface area (Å²) in [7, 11) is -2.02. The van der Waals surface area contributed by atoms with Gasteiger partial charge >= 0.3 is 0 Å². The van der Waals surface area contributed by atoms with Gasteiger partial charge in [-0.15, -0.1) is 0 Å². The predicted octanol–water partition coefficient (Wildman–Crippen LogP) is 6.42. The van der Waals surface area contributed by atoms with Gasteiger partial charge in [0.25, 0.3) is 0 Å². The summed E-state index contributed by atoms with van der Waals surface area (Å²) >= 11 is 1.57. The highest BCUT2D eigenvalue weighted by atomic mass is 32.2. The average molecular weight is 452 g/mol. The molecule has 0 spiro atoms. The molecule has 1 aromatic carbocycles. The summed E-state index contributed by atoms with van der Waals surface area (Å²) in [6.07, 6.45) is 1.09. The first-order valence-corrected chi connectivity index (χ1v) is 13.7. The third kappa shape index (κ3) is 8.42. The molecular weight excluding hydrogens is 418 g/mol. The van der Waals surface area contributed by atoms with Gasteiger partial charge in [0, 0.05) is 17.7 Å². The number of nitrogens with zero attached hydrogens (tertiary/aromatic N) is 1. The molecular formula is C21H33F4NOSSi. The van der Waals surface area contributed by atoms with Crippen LogP contribution in [0.1, 0.15) is 26.3 Å². The van der Waals surface area contributed by atoms with Gasteiger partial charge in [0.1, 0.15) is 25.8 Å². The van der Waals surface area contributed by atoms with Crippen molar-refractivity contribution in [3.05, 3.63) is 35.6 Å². The molecule has 0 bridgehead atoms. The van der Waals surface area contributed by atoms with Crippen LogP contribution in [0, 0.1) is 11.2 Å². The minimum atomic E-state index is -2.02. The van der Waals surface area contributed by atoms with E-state index in [9.17, 15) is 17.6 Å². The molecule has 2 nitrogen and oxygen atoms in total. The van der Waals surface area contributed by atoms with Crippen molar-refractivity contribution in [2.45, 2.75) is 50.7 Å². The summed E-state index contributed by atoms with van der Waals surface area (Å²) in [5.74, 6) is 0.903. The largest absolute Gasteiger partial charge is 0.415 e. The second-order valence-corrected chi connectivity index (χ2v) is 14.7. The van der Waals surface area contributed by atoms with Gasteiger partial charge in [-0.3, -0.25) is 4.99 Å². The lowest BCUT2D eigenvalue weighted by Crippen LogP contribution is -2.43. The Balaban J connectivity index is 2.82. The van der Waals surface area contributed by atoms with E-state index in [4.69, 9.17) is 4.43 Å². The molecule has 0 radical (unpaired) electrons. The van der Waals surface area contributed by atoms with Crippen LogP contribution >= 0.6 is 11.8 Å². The summed E-state index contributed by atoms with van der Waals surface area (Å²) < 4.78 is 58.8. The zero-order valence-electron chi connectivity index (χ0n) is 18.0. The topological polar surface area (TPSA) is 21.6 Å². The fourth-order valence-corrected chi connectivity index (χ4v) is 4.07. The number of halogens is 4. The highest BCUT2D eigenvalue weighted by Gasteiger charge is 2.37. The zero-order chi connectivity index (χ0) is 22.1. The lowest BCUT2D eigenvalue weighted by Gasteiger charge is -2.37. The Morgan fingerprint density at radius 1 is 1.07 bits per heavy atom. The molecule has 0 N–H and O–H groups in total. The predicted molar refractivity (Wildman–Crippen MR) is 118 cm³/mol. The molecule has 1 rings (SSSR count). The number of aliphatic imine (C=N–C) groups is 1. The van der Waals surface area contributed by atoms with Crippen molar-refractivity contribution in [1.29, 1.82) is 0 Å². The standard InChI is InChI=1S/C21H33F4NOSSi/c1-20(2,3)29(4,5)27-10-19(26-16-21(13-22,14-23)15-24)12-28-11-17-6-8-18(25)9-7-17/h6-9,16,19H,10-15H2,1-5H3/t19-/m1/s1. The second kappa shape index (κ2) is 11.5. The molecule has 8 heteroatoms. The Labute approximate surface area is 177 Å². The van der Waals surface area contributed by atoms with Crippen molar-refractivity contribution < 1.29 is 22.0 Å². The minimum absolute atomic E-state index is 0.0170. The van der Waals surface area contributed by atoms with Crippen LogP contribution in [-0.4, -0.2) is 53.0 Å². The number of hydrogen-bond acceptors (Lipinski definition) is 3. The lowest BCUT2D eigenvalue weighted by atomic mass is 9.95. The van der Waals surface area contributed by atoms with Crippen molar-refractivity contribution in [1.82, 2.24) is 0 Å². The molecule has 0 aliphatic rings. The maximum absolute atomic E-state index is 13.2. The molecule has 166 valence electrons. The van der Waals surface area contributed by atoms with E-state index in [0.717, 1.165) is 11.8 Å². The Morgan fingerprint density at radius 3 is 2.10 bits per heavy atom. The SMILES string of the molecule is CC(C)(C)[Si](C)(C)OC[C@H](CSCc1ccc(F)cc1)N=CC(CF)(CF)CF. The summed E-state index contributed by atoms with van der Waals surface area (Å²) in [5.41, 5.74) is -0.841. The zero-order valence-corrected chi connectivity index (χ0v) is 19.8. The van der Waals surface area contributed by atoms with Gasteiger partial charge in [-0.1, -0.05) is 32.9 Å². The number of rotatable bonds is 12. The van der Waals surface area contributed by atoms with Crippen LogP contribution in [0.2, 0.25) is 18.1 Å². The molecule has 0 heterocycles. The van der Waals surface area contributed by atoms with Gasteiger partial charge < -0.3 is 4.43 Å². The minimum Gasteiger partial charge on any atom is -0.415 e. The van der Waals surface area contributed by atoms with E-state index in [1.54, 1.807) is 23.9 Å². The van der Waals surface area contributed by atoms with Crippen molar-refractivity contribution in [2.24, 2.45) is 10.4 Å². The second-order valence-electron chi connectivity index (χ2n) is 8.91. The quantitative estimate of drug-likeness (QED) is 0.208. The van der Waals surface area contributed by atoms with Crippen LogP contribution in [0.25, 0.3) is 0 Å². The number of alkyl halides is 3. The van der Waals surface area contributed by atoms with E-state index in [1.165, 1.54) is 12.1 Å². The van der Waals surface area contributed by atoms with E-state index in [2.05, 4.69) is 38.9 Å². The normalized spacial score (nSPS) is 14.5. The van der Waals surface area contributed by atoms with Gasteiger partial charge in [0.2, 0.25) is 0 Å². The molecule has 0 aliphatic heterocycles. The van der Waals surface area contributed by atoms with Crippen LogP contribution in [0.15, 0.2) is 29.3 Å². The third-order valence-corrected chi connectivity index (χ3v) is 11.0. The third-order valence-electron chi connectivity index (χ3n) is 5.29. The molecule has 1 atom stereocenters. The summed E-state index contributed by atoms with van der Waals surface area (Å²) in [4.78, 5) is 4.31. The highest BCUT2D eigenvalue weighted by molar-refractivity contribution is 7.98. The molecule has 29 heavy (non-hydrogen) atoms. The van der Waals surface area contributed by atoms with E-state index >= 15 is 0 Å². The molecule has 0 saturated heterocycles. The lowest BCUT2D eigenvalue weighted by molar-refractivity contribution is 0.187. The average Bonchev–Trinajstić information content (AvgIpc) is 2.67. The molecule has 0 fully saturated rings. The maximum Gasteiger partial charge on any atom is 0.192 e. The number of benzene rings is 1. The molecule has 0 unspecified atom stereocenters. The maximum atomic E-state index is 13.2. The number of hydrogen-bond donors (Lipinski definition) is 0. The van der Waals surface area contributed by atoms with E-state index in [1.807, 2.05) is 0 Å².